The Hall–Kier alpha value is -0.810. The van der Waals surface area contributed by atoms with E-state index < -0.39 is 0 Å². The number of nitrogens with zero attached hydrogens (tertiary/aromatic N) is 2. The molecule has 0 aromatic carbocycles. The lowest BCUT2D eigenvalue weighted by Crippen LogP contribution is -2.43. The third-order valence-electron chi connectivity index (χ3n) is 2.87. The van der Waals surface area contributed by atoms with Crippen molar-refractivity contribution in [1.82, 2.24) is 15.5 Å². The number of guanidine groups is 1. The minimum Gasteiger partial charge on any atom is -0.385 e. The molecule has 0 atom stereocenters. The first-order valence-corrected chi connectivity index (χ1v) is 6.83. The van der Waals surface area contributed by atoms with Gasteiger partial charge >= 0.3 is 0 Å². The van der Waals surface area contributed by atoms with E-state index in [1.165, 1.54) is 0 Å². The molecule has 0 heterocycles. The normalized spacial score (nSPS) is 12.3. The number of nitrogens with one attached hydrogen (secondary N) is 2. The second-order valence-corrected chi connectivity index (χ2v) is 4.49. The maximum atomic E-state index is 5.00. The fourth-order valence-corrected chi connectivity index (χ4v) is 1.74. The van der Waals surface area contributed by atoms with E-state index in [2.05, 4.69) is 41.3 Å². The third kappa shape index (κ3) is 8.31. The molecule has 0 saturated carbocycles. The van der Waals surface area contributed by atoms with Crippen molar-refractivity contribution in [3.63, 3.8) is 0 Å². The average molecular weight is 258 g/mol. The summed E-state index contributed by atoms with van der Waals surface area (Å²) in [4.78, 5) is 6.61. The molecule has 108 valence electrons. The van der Waals surface area contributed by atoms with Crippen LogP contribution in [0.5, 0.6) is 0 Å². The van der Waals surface area contributed by atoms with E-state index in [9.17, 15) is 0 Å². The van der Waals surface area contributed by atoms with Crippen LogP contribution in [0.1, 0.15) is 27.2 Å². The predicted octanol–water partition coefficient (Wildman–Crippen LogP) is 0.918. The highest BCUT2D eigenvalue weighted by molar-refractivity contribution is 5.79. The molecule has 0 aromatic rings. The van der Waals surface area contributed by atoms with Crippen LogP contribution in [-0.4, -0.2) is 63.8 Å². The fourth-order valence-electron chi connectivity index (χ4n) is 1.74. The first kappa shape index (κ1) is 17.2. The van der Waals surface area contributed by atoms with E-state index >= 15 is 0 Å². The quantitative estimate of drug-likeness (QED) is 0.367. The summed E-state index contributed by atoms with van der Waals surface area (Å²) in [5, 5.41) is 6.59. The molecule has 0 aliphatic heterocycles. The summed E-state index contributed by atoms with van der Waals surface area (Å²) in [5.41, 5.74) is 0. The molecule has 0 aliphatic carbocycles. The SMILES string of the molecule is CCN(CCNC(=NC)NCCCOC)C(C)C. The second-order valence-electron chi connectivity index (χ2n) is 4.49. The number of hydrogen-bond donors (Lipinski definition) is 2. The lowest BCUT2D eigenvalue weighted by molar-refractivity contribution is 0.195. The smallest absolute Gasteiger partial charge is 0.191 e. The molecule has 0 rings (SSSR count). The third-order valence-corrected chi connectivity index (χ3v) is 2.87. The lowest BCUT2D eigenvalue weighted by Gasteiger charge is -2.25. The fraction of sp³-hybridized carbons (Fsp3) is 0.923. The number of rotatable bonds is 9. The van der Waals surface area contributed by atoms with Gasteiger partial charge in [0.15, 0.2) is 5.96 Å². The van der Waals surface area contributed by atoms with Crippen LogP contribution in [0.4, 0.5) is 0 Å². The van der Waals surface area contributed by atoms with Crippen LogP contribution in [0.25, 0.3) is 0 Å². The van der Waals surface area contributed by atoms with E-state index in [-0.39, 0.29) is 0 Å². The van der Waals surface area contributed by atoms with Crippen molar-refractivity contribution in [2.75, 3.05) is 46.9 Å². The Morgan fingerprint density at radius 3 is 2.44 bits per heavy atom. The van der Waals surface area contributed by atoms with Crippen LogP contribution in [-0.2, 0) is 4.74 Å². The average Bonchev–Trinajstić information content (AvgIpc) is 2.36. The van der Waals surface area contributed by atoms with Gasteiger partial charge in [0.2, 0.25) is 0 Å². The standard InChI is InChI=1S/C13H30N4O/c1-6-17(12(2)3)10-9-16-13(14-4)15-8-7-11-18-5/h12H,6-11H2,1-5H3,(H2,14,15,16). The van der Waals surface area contributed by atoms with Gasteiger partial charge < -0.3 is 15.4 Å². The first-order chi connectivity index (χ1) is 8.65. The highest BCUT2D eigenvalue weighted by atomic mass is 16.5. The van der Waals surface area contributed by atoms with Gasteiger partial charge in [-0.3, -0.25) is 9.89 Å². The largest absolute Gasteiger partial charge is 0.385 e. The lowest BCUT2D eigenvalue weighted by atomic mass is 10.3. The number of aliphatic imine (C=N–C) groups is 1. The predicted molar refractivity (Wildman–Crippen MR) is 78.2 cm³/mol. The van der Waals surface area contributed by atoms with Crippen LogP contribution in [0.3, 0.4) is 0 Å². The molecule has 18 heavy (non-hydrogen) atoms. The molecule has 0 saturated heterocycles. The molecule has 0 spiro atoms. The molecule has 0 fully saturated rings. The van der Waals surface area contributed by atoms with Gasteiger partial charge in [-0.15, -0.1) is 0 Å². The summed E-state index contributed by atoms with van der Waals surface area (Å²) in [6.07, 6.45) is 0.990. The molecule has 0 unspecified atom stereocenters. The van der Waals surface area contributed by atoms with Crippen molar-refractivity contribution in [3.8, 4) is 0 Å². The summed E-state index contributed by atoms with van der Waals surface area (Å²) >= 11 is 0. The summed E-state index contributed by atoms with van der Waals surface area (Å²) < 4.78 is 5.00. The zero-order valence-electron chi connectivity index (χ0n) is 12.6. The molecule has 0 bridgehead atoms. The zero-order valence-corrected chi connectivity index (χ0v) is 12.6. The summed E-state index contributed by atoms with van der Waals surface area (Å²) in [6, 6.07) is 0.591. The van der Waals surface area contributed by atoms with Crippen molar-refractivity contribution in [2.45, 2.75) is 33.2 Å². The molecular weight excluding hydrogens is 228 g/mol. The second kappa shape index (κ2) is 11.3. The number of likely N-dealkylation sites (N-methyl/N-ethyl adjacent to an activating group) is 1. The van der Waals surface area contributed by atoms with Gasteiger partial charge in [0, 0.05) is 46.4 Å². The van der Waals surface area contributed by atoms with Crippen molar-refractivity contribution in [2.24, 2.45) is 4.99 Å². The summed E-state index contributed by atoms with van der Waals surface area (Å²) in [7, 11) is 3.52. The molecule has 5 nitrogen and oxygen atoms in total. The Labute approximate surface area is 112 Å². The number of methoxy groups -OCH3 is 1. The highest BCUT2D eigenvalue weighted by Gasteiger charge is 2.06. The van der Waals surface area contributed by atoms with Gasteiger partial charge in [0.05, 0.1) is 0 Å². The minimum absolute atomic E-state index is 0.591. The van der Waals surface area contributed by atoms with E-state index in [1.807, 2.05) is 0 Å². The summed E-state index contributed by atoms with van der Waals surface area (Å²) in [6.45, 7) is 11.3. The highest BCUT2D eigenvalue weighted by Crippen LogP contribution is 1.95. The van der Waals surface area contributed by atoms with E-state index in [0.29, 0.717) is 6.04 Å². The van der Waals surface area contributed by atoms with Crippen LogP contribution < -0.4 is 10.6 Å². The summed E-state index contributed by atoms with van der Waals surface area (Å²) in [5.74, 6) is 0.867. The molecule has 5 heteroatoms. The minimum atomic E-state index is 0.591. The maximum absolute atomic E-state index is 5.00. The first-order valence-electron chi connectivity index (χ1n) is 6.83. The van der Waals surface area contributed by atoms with Crippen molar-refractivity contribution < 1.29 is 4.74 Å². The zero-order chi connectivity index (χ0) is 13.8. The van der Waals surface area contributed by atoms with Gasteiger partial charge in [0.25, 0.3) is 0 Å². The van der Waals surface area contributed by atoms with Gasteiger partial charge in [-0.1, -0.05) is 6.92 Å². The maximum Gasteiger partial charge on any atom is 0.191 e. The van der Waals surface area contributed by atoms with Gasteiger partial charge in [-0.2, -0.15) is 0 Å². The Balaban J connectivity index is 3.74. The van der Waals surface area contributed by atoms with Crippen molar-refractivity contribution in [1.29, 1.82) is 0 Å². The van der Waals surface area contributed by atoms with E-state index in [0.717, 1.165) is 45.2 Å². The topological polar surface area (TPSA) is 48.9 Å². The Bertz CT molecular complexity index is 219. The molecule has 0 amide bonds. The van der Waals surface area contributed by atoms with Crippen LogP contribution in [0, 0.1) is 0 Å². The van der Waals surface area contributed by atoms with E-state index in [4.69, 9.17) is 4.74 Å². The van der Waals surface area contributed by atoms with Crippen LogP contribution in [0.2, 0.25) is 0 Å². The molecule has 0 aliphatic rings. The molecule has 2 N–H and O–H groups in total. The van der Waals surface area contributed by atoms with Gasteiger partial charge in [0.1, 0.15) is 0 Å². The monoisotopic (exact) mass is 258 g/mol. The van der Waals surface area contributed by atoms with E-state index in [1.54, 1.807) is 14.2 Å². The number of ether oxygens (including phenoxy) is 1. The van der Waals surface area contributed by atoms with Gasteiger partial charge in [-0.25, -0.2) is 0 Å². The Morgan fingerprint density at radius 2 is 1.94 bits per heavy atom. The van der Waals surface area contributed by atoms with Crippen LogP contribution >= 0.6 is 0 Å². The van der Waals surface area contributed by atoms with Crippen molar-refractivity contribution in [3.05, 3.63) is 0 Å². The van der Waals surface area contributed by atoms with Gasteiger partial charge in [-0.05, 0) is 26.8 Å². The van der Waals surface area contributed by atoms with Crippen LogP contribution in [0.15, 0.2) is 4.99 Å². The Morgan fingerprint density at radius 1 is 1.28 bits per heavy atom. The molecule has 0 radical (unpaired) electrons. The number of hydrogen-bond acceptors (Lipinski definition) is 3. The molecule has 0 aromatic heterocycles. The Kier molecular flexibility index (Phi) is 10.8. The van der Waals surface area contributed by atoms with Crippen molar-refractivity contribution >= 4 is 5.96 Å². The molecular formula is C13H30N4O.